The van der Waals surface area contributed by atoms with Gasteiger partial charge in [-0.3, -0.25) is 14.4 Å². The Bertz CT molecular complexity index is 1320. The average molecular weight is 501 g/mol. The SMILES string of the molecule is Cc1ccccc1N1C(=O)C(Cl)=C(Nc2ccc(C(=O)Nc3ccc(Cl)cc3Cl)cc2)C1=O. The minimum atomic E-state index is -0.602. The topological polar surface area (TPSA) is 78.5 Å². The number of hydrogen-bond donors (Lipinski definition) is 2. The number of para-hydroxylation sites is 1. The van der Waals surface area contributed by atoms with Gasteiger partial charge < -0.3 is 10.6 Å². The molecule has 166 valence electrons. The van der Waals surface area contributed by atoms with Crippen LogP contribution in [0.2, 0.25) is 10.0 Å². The summed E-state index contributed by atoms with van der Waals surface area (Å²) in [7, 11) is 0. The first-order chi connectivity index (χ1) is 15.8. The summed E-state index contributed by atoms with van der Waals surface area (Å²) in [6, 6.07) is 18.1. The Morgan fingerprint density at radius 2 is 1.58 bits per heavy atom. The third-order valence-electron chi connectivity index (χ3n) is 4.98. The lowest BCUT2D eigenvalue weighted by Gasteiger charge is -2.17. The van der Waals surface area contributed by atoms with Gasteiger partial charge in [0.1, 0.15) is 10.7 Å². The number of halogens is 3. The lowest BCUT2D eigenvalue weighted by atomic mass is 10.1. The predicted octanol–water partition coefficient (Wildman–Crippen LogP) is 5.99. The zero-order valence-electron chi connectivity index (χ0n) is 17.2. The standard InChI is InChI=1S/C24H16Cl3N3O3/c1-13-4-2-3-5-19(13)30-23(32)20(27)21(24(30)33)28-16-9-6-14(7-10-16)22(31)29-18-11-8-15(25)12-17(18)26/h2-12,28H,1H3,(H,29,31). The molecule has 2 N–H and O–H groups in total. The van der Waals surface area contributed by atoms with E-state index in [1.807, 2.05) is 6.07 Å². The Balaban J connectivity index is 1.49. The molecule has 4 rings (SSSR count). The van der Waals surface area contributed by atoms with Crippen molar-refractivity contribution in [1.82, 2.24) is 0 Å². The zero-order chi connectivity index (χ0) is 23.7. The first-order valence-corrected chi connectivity index (χ1v) is 10.9. The van der Waals surface area contributed by atoms with E-state index in [0.717, 1.165) is 10.5 Å². The molecule has 0 radical (unpaired) electrons. The number of rotatable bonds is 5. The molecule has 0 spiro atoms. The van der Waals surface area contributed by atoms with Gasteiger partial charge in [-0.05, 0) is 61.0 Å². The van der Waals surface area contributed by atoms with Gasteiger partial charge in [-0.1, -0.05) is 53.0 Å². The third kappa shape index (κ3) is 4.59. The molecule has 0 aliphatic carbocycles. The Morgan fingerprint density at radius 1 is 0.879 bits per heavy atom. The average Bonchev–Trinajstić information content (AvgIpc) is 3.00. The Labute approximate surface area is 204 Å². The summed E-state index contributed by atoms with van der Waals surface area (Å²) in [5.74, 6) is -1.53. The maximum atomic E-state index is 12.9. The quantitative estimate of drug-likeness (QED) is 0.422. The van der Waals surface area contributed by atoms with Crippen molar-refractivity contribution in [2.75, 3.05) is 15.5 Å². The molecule has 1 heterocycles. The number of carbonyl (C=O) groups is 3. The second-order valence-electron chi connectivity index (χ2n) is 7.20. The highest BCUT2D eigenvalue weighted by Gasteiger charge is 2.39. The molecule has 0 atom stereocenters. The Hall–Kier alpha value is -3.32. The van der Waals surface area contributed by atoms with E-state index < -0.39 is 11.8 Å². The van der Waals surface area contributed by atoms with Crippen molar-refractivity contribution in [3.05, 3.63) is 98.6 Å². The van der Waals surface area contributed by atoms with E-state index in [9.17, 15) is 14.4 Å². The molecule has 0 unspecified atom stereocenters. The molecule has 1 aliphatic heterocycles. The highest BCUT2D eigenvalue weighted by atomic mass is 35.5. The molecule has 3 aromatic rings. The summed E-state index contributed by atoms with van der Waals surface area (Å²) in [5, 5.41) is 6.17. The fourth-order valence-corrected chi connectivity index (χ4v) is 3.95. The number of aryl methyl sites for hydroxylation is 1. The summed E-state index contributed by atoms with van der Waals surface area (Å²) >= 11 is 18.2. The molecule has 0 saturated carbocycles. The Morgan fingerprint density at radius 3 is 2.24 bits per heavy atom. The monoisotopic (exact) mass is 499 g/mol. The predicted molar refractivity (Wildman–Crippen MR) is 131 cm³/mol. The minimum absolute atomic E-state index is 0.0323. The molecule has 0 saturated heterocycles. The van der Waals surface area contributed by atoms with Gasteiger partial charge in [0, 0.05) is 16.3 Å². The molecule has 3 aromatic carbocycles. The van der Waals surface area contributed by atoms with Gasteiger partial charge in [0.2, 0.25) is 0 Å². The van der Waals surface area contributed by atoms with Gasteiger partial charge in [0.05, 0.1) is 16.4 Å². The number of nitrogens with one attached hydrogen (secondary N) is 2. The molecule has 1 aliphatic rings. The number of nitrogens with zero attached hydrogens (tertiary/aromatic N) is 1. The molecule has 0 fully saturated rings. The van der Waals surface area contributed by atoms with E-state index in [-0.39, 0.29) is 16.6 Å². The van der Waals surface area contributed by atoms with Crippen LogP contribution in [-0.4, -0.2) is 17.7 Å². The number of amides is 3. The second-order valence-corrected chi connectivity index (χ2v) is 8.42. The van der Waals surface area contributed by atoms with Crippen molar-refractivity contribution in [3.8, 4) is 0 Å². The van der Waals surface area contributed by atoms with Crippen molar-refractivity contribution in [2.24, 2.45) is 0 Å². The van der Waals surface area contributed by atoms with Crippen LogP contribution in [-0.2, 0) is 9.59 Å². The molecule has 3 amide bonds. The van der Waals surface area contributed by atoms with Crippen molar-refractivity contribution >= 4 is 69.6 Å². The summed E-state index contributed by atoms with van der Waals surface area (Å²) in [5.41, 5.74) is 2.47. The summed E-state index contributed by atoms with van der Waals surface area (Å²) in [6.45, 7) is 1.80. The molecule has 6 nitrogen and oxygen atoms in total. The van der Waals surface area contributed by atoms with Gasteiger partial charge in [-0.25, -0.2) is 4.90 Å². The van der Waals surface area contributed by atoms with Crippen LogP contribution < -0.4 is 15.5 Å². The minimum Gasteiger partial charge on any atom is -0.350 e. The van der Waals surface area contributed by atoms with E-state index in [0.29, 0.717) is 32.7 Å². The summed E-state index contributed by atoms with van der Waals surface area (Å²) < 4.78 is 0. The maximum absolute atomic E-state index is 12.9. The van der Waals surface area contributed by atoms with E-state index in [1.54, 1.807) is 61.5 Å². The first kappa shape index (κ1) is 22.9. The summed E-state index contributed by atoms with van der Waals surface area (Å²) in [4.78, 5) is 39.1. The largest absolute Gasteiger partial charge is 0.350 e. The Kier molecular flexibility index (Phi) is 6.42. The molecule has 9 heteroatoms. The highest BCUT2D eigenvalue weighted by molar-refractivity contribution is 6.53. The lowest BCUT2D eigenvalue weighted by Crippen LogP contribution is -2.32. The van der Waals surface area contributed by atoms with Crippen molar-refractivity contribution in [2.45, 2.75) is 6.92 Å². The van der Waals surface area contributed by atoms with Gasteiger partial charge >= 0.3 is 0 Å². The summed E-state index contributed by atoms with van der Waals surface area (Å²) in [6.07, 6.45) is 0. The van der Waals surface area contributed by atoms with Crippen LogP contribution in [0.5, 0.6) is 0 Å². The van der Waals surface area contributed by atoms with Gasteiger partial charge in [-0.15, -0.1) is 0 Å². The van der Waals surface area contributed by atoms with E-state index >= 15 is 0 Å². The number of carbonyl (C=O) groups excluding carboxylic acids is 3. The van der Waals surface area contributed by atoms with Gasteiger partial charge in [0.25, 0.3) is 17.7 Å². The third-order valence-corrected chi connectivity index (χ3v) is 5.88. The number of anilines is 3. The molecule has 0 aromatic heterocycles. The van der Waals surface area contributed by atoms with E-state index in [2.05, 4.69) is 10.6 Å². The molecular formula is C24H16Cl3N3O3. The van der Waals surface area contributed by atoms with Crippen LogP contribution in [0.4, 0.5) is 17.1 Å². The van der Waals surface area contributed by atoms with Crippen molar-refractivity contribution < 1.29 is 14.4 Å². The highest BCUT2D eigenvalue weighted by Crippen LogP contribution is 2.32. The molecule has 0 bridgehead atoms. The van der Waals surface area contributed by atoms with Gasteiger partial charge in [0.15, 0.2) is 0 Å². The van der Waals surface area contributed by atoms with Crippen LogP contribution in [0.25, 0.3) is 0 Å². The number of imide groups is 1. The lowest BCUT2D eigenvalue weighted by molar-refractivity contribution is -0.120. The second kappa shape index (κ2) is 9.27. The molecule has 33 heavy (non-hydrogen) atoms. The smallest absolute Gasteiger partial charge is 0.283 e. The zero-order valence-corrected chi connectivity index (χ0v) is 19.4. The number of hydrogen-bond acceptors (Lipinski definition) is 4. The van der Waals surface area contributed by atoms with Crippen LogP contribution >= 0.6 is 34.8 Å². The van der Waals surface area contributed by atoms with Crippen LogP contribution in [0, 0.1) is 6.92 Å². The number of benzene rings is 3. The van der Waals surface area contributed by atoms with E-state index in [1.165, 1.54) is 6.07 Å². The van der Waals surface area contributed by atoms with Crippen molar-refractivity contribution in [3.63, 3.8) is 0 Å². The fourth-order valence-electron chi connectivity index (χ4n) is 3.28. The normalized spacial score (nSPS) is 13.5. The molecular weight excluding hydrogens is 485 g/mol. The van der Waals surface area contributed by atoms with Crippen LogP contribution in [0.3, 0.4) is 0 Å². The van der Waals surface area contributed by atoms with Crippen LogP contribution in [0.15, 0.2) is 77.5 Å². The van der Waals surface area contributed by atoms with E-state index in [4.69, 9.17) is 34.8 Å². The van der Waals surface area contributed by atoms with Gasteiger partial charge in [-0.2, -0.15) is 0 Å². The van der Waals surface area contributed by atoms with Crippen LogP contribution in [0.1, 0.15) is 15.9 Å². The first-order valence-electron chi connectivity index (χ1n) is 9.74. The maximum Gasteiger partial charge on any atom is 0.283 e. The fraction of sp³-hybridized carbons (Fsp3) is 0.0417. The van der Waals surface area contributed by atoms with Crippen molar-refractivity contribution in [1.29, 1.82) is 0 Å².